The summed E-state index contributed by atoms with van der Waals surface area (Å²) in [6, 6.07) is 0. The summed E-state index contributed by atoms with van der Waals surface area (Å²) in [6.45, 7) is 4.98. The van der Waals surface area contributed by atoms with E-state index in [2.05, 4.69) is 6.58 Å². The molecule has 0 saturated heterocycles. The topological polar surface area (TPSA) is 18.5 Å². The summed E-state index contributed by atoms with van der Waals surface area (Å²) in [4.78, 5) is 0. The lowest BCUT2D eigenvalue weighted by Crippen LogP contribution is -1.90. The molecular formula is C6H11IO2. The molecule has 0 unspecified atom stereocenters. The van der Waals surface area contributed by atoms with Crippen LogP contribution in [0.25, 0.3) is 0 Å². The summed E-state index contributed by atoms with van der Waals surface area (Å²) in [5, 5.41) is 0. The number of ether oxygens (including phenoxy) is 1. The Labute approximate surface area is 69.9 Å². The maximum atomic E-state index is 4.89. The average molecular weight is 242 g/mol. The molecule has 0 aliphatic heterocycles. The maximum absolute atomic E-state index is 4.89. The SMILES string of the molecule is C=COCCCCOI. The third kappa shape index (κ3) is 8.23. The van der Waals surface area contributed by atoms with E-state index in [1.807, 2.05) is 23.0 Å². The van der Waals surface area contributed by atoms with Crippen LogP contribution in [0.15, 0.2) is 12.8 Å². The van der Waals surface area contributed by atoms with Gasteiger partial charge in [0, 0.05) is 0 Å². The van der Waals surface area contributed by atoms with Gasteiger partial charge < -0.3 is 7.80 Å². The Morgan fingerprint density at radius 3 is 2.56 bits per heavy atom. The van der Waals surface area contributed by atoms with Gasteiger partial charge in [0.2, 0.25) is 0 Å². The molecule has 2 nitrogen and oxygen atoms in total. The zero-order valence-electron chi connectivity index (χ0n) is 5.31. The fraction of sp³-hybridized carbons (Fsp3) is 0.667. The lowest BCUT2D eigenvalue weighted by atomic mass is 10.3. The van der Waals surface area contributed by atoms with Crippen molar-refractivity contribution in [2.45, 2.75) is 12.8 Å². The van der Waals surface area contributed by atoms with Crippen LogP contribution in [-0.4, -0.2) is 13.2 Å². The molecule has 3 heteroatoms. The van der Waals surface area contributed by atoms with Crippen molar-refractivity contribution in [3.63, 3.8) is 0 Å². The van der Waals surface area contributed by atoms with E-state index in [1.54, 1.807) is 0 Å². The lowest BCUT2D eigenvalue weighted by molar-refractivity contribution is 0.235. The van der Waals surface area contributed by atoms with Crippen LogP contribution in [0.3, 0.4) is 0 Å². The predicted molar refractivity (Wildman–Crippen MR) is 45.4 cm³/mol. The predicted octanol–water partition coefficient (Wildman–Crippen LogP) is 2.29. The zero-order chi connectivity index (χ0) is 6.95. The van der Waals surface area contributed by atoms with E-state index in [9.17, 15) is 0 Å². The fourth-order valence-electron chi connectivity index (χ4n) is 0.425. The number of hydrogen-bond acceptors (Lipinski definition) is 2. The molecule has 0 aliphatic carbocycles. The van der Waals surface area contributed by atoms with Gasteiger partial charge in [-0.1, -0.05) is 6.58 Å². The van der Waals surface area contributed by atoms with Gasteiger partial charge in [-0.15, -0.1) is 0 Å². The summed E-state index contributed by atoms with van der Waals surface area (Å²) < 4.78 is 9.70. The second-order valence-corrected chi connectivity index (χ2v) is 2.18. The molecule has 0 spiro atoms. The molecule has 0 aromatic heterocycles. The second-order valence-electron chi connectivity index (χ2n) is 1.56. The molecule has 9 heavy (non-hydrogen) atoms. The van der Waals surface area contributed by atoms with Crippen LogP contribution in [0.4, 0.5) is 0 Å². The van der Waals surface area contributed by atoms with Crippen molar-refractivity contribution in [3.05, 3.63) is 12.8 Å². The third-order valence-corrected chi connectivity index (χ3v) is 1.29. The van der Waals surface area contributed by atoms with E-state index in [-0.39, 0.29) is 0 Å². The Hall–Kier alpha value is 0.230. The summed E-state index contributed by atoms with van der Waals surface area (Å²) in [6.07, 6.45) is 3.55. The van der Waals surface area contributed by atoms with Crippen LogP contribution in [0.5, 0.6) is 0 Å². The Kier molecular flexibility index (Phi) is 8.44. The van der Waals surface area contributed by atoms with E-state index in [0.717, 1.165) is 26.1 Å². The van der Waals surface area contributed by atoms with Crippen LogP contribution < -0.4 is 0 Å². The Balaban J connectivity index is 2.66. The molecule has 0 amide bonds. The minimum Gasteiger partial charge on any atom is -0.502 e. The average Bonchev–Trinajstić information content (AvgIpc) is 1.89. The van der Waals surface area contributed by atoms with Crippen LogP contribution in [0, 0.1) is 0 Å². The largest absolute Gasteiger partial charge is 0.502 e. The first-order valence-corrected chi connectivity index (χ1v) is 3.76. The van der Waals surface area contributed by atoms with Crippen molar-refractivity contribution in [2.24, 2.45) is 0 Å². The highest BCUT2D eigenvalue weighted by molar-refractivity contribution is 14.1. The summed E-state index contributed by atoms with van der Waals surface area (Å²) in [5.74, 6) is 0. The molecule has 0 fully saturated rings. The second kappa shape index (κ2) is 8.23. The first-order chi connectivity index (χ1) is 4.41. The molecule has 54 valence electrons. The van der Waals surface area contributed by atoms with Crippen LogP contribution >= 0.6 is 23.0 Å². The Morgan fingerprint density at radius 1 is 1.33 bits per heavy atom. The molecule has 0 radical (unpaired) electrons. The standard InChI is InChI=1S/C6H11IO2/c1-2-8-5-3-4-6-9-7/h2H,1,3-6H2. The highest BCUT2D eigenvalue weighted by Crippen LogP contribution is 1.94. The Bertz CT molecular complexity index is 66.1. The van der Waals surface area contributed by atoms with E-state index in [1.165, 1.54) is 6.26 Å². The van der Waals surface area contributed by atoms with Crippen LogP contribution in [0.2, 0.25) is 0 Å². The van der Waals surface area contributed by atoms with Crippen molar-refractivity contribution in [3.8, 4) is 0 Å². The summed E-state index contributed by atoms with van der Waals surface area (Å²) >= 11 is 1.89. The van der Waals surface area contributed by atoms with Crippen molar-refractivity contribution in [1.82, 2.24) is 0 Å². The van der Waals surface area contributed by atoms with Gasteiger partial charge in [-0.3, -0.25) is 0 Å². The highest BCUT2D eigenvalue weighted by atomic mass is 127. The number of rotatable bonds is 6. The molecule has 0 rings (SSSR count). The van der Waals surface area contributed by atoms with Gasteiger partial charge in [0.15, 0.2) is 0 Å². The van der Waals surface area contributed by atoms with Gasteiger partial charge in [-0.2, -0.15) is 0 Å². The fourth-order valence-corrected chi connectivity index (χ4v) is 0.737. The molecule has 0 aromatic rings. The monoisotopic (exact) mass is 242 g/mol. The van der Waals surface area contributed by atoms with Crippen LogP contribution in [-0.2, 0) is 7.80 Å². The van der Waals surface area contributed by atoms with Crippen molar-refractivity contribution in [1.29, 1.82) is 0 Å². The van der Waals surface area contributed by atoms with Crippen molar-refractivity contribution < 1.29 is 7.80 Å². The van der Waals surface area contributed by atoms with E-state index in [4.69, 9.17) is 7.80 Å². The molecule has 0 saturated carbocycles. The molecular weight excluding hydrogens is 231 g/mol. The van der Waals surface area contributed by atoms with Crippen LogP contribution in [0.1, 0.15) is 12.8 Å². The van der Waals surface area contributed by atoms with E-state index in [0.29, 0.717) is 0 Å². The molecule has 0 heterocycles. The van der Waals surface area contributed by atoms with E-state index < -0.39 is 0 Å². The first kappa shape index (κ1) is 9.23. The highest BCUT2D eigenvalue weighted by Gasteiger charge is 1.85. The van der Waals surface area contributed by atoms with Gasteiger partial charge in [0.05, 0.1) is 19.5 Å². The minimum atomic E-state index is 0.753. The molecule has 0 aromatic carbocycles. The minimum absolute atomic E-state index is 0.753. The maximum Gasteiger partial charge on any atom is 0.109 e. The van der Waals surface area contributed by atoms with Crippen molar-refractivity contribution >= 4 is 23.0 Å². The molecule has 0 aliphatic rings. The summed E-state index contributed by atoms with van der Waals surface area (Å²) in [7, 11) is 0. The molecule has 0 bridgehead atoms. The normalized spacial score (nSPS) is 9.00. The van der Waals surface area contributed by atoms with E-state index >= 15 is 0 Å². The Morgan fingerprint density at radius 2 is 2.00 bits per heavy atom. The number of halogens is 1. The summed E-state index contributed by atoms with van der Waals surface area (Å²) in [5.41, 5.74) is 0. The molecule has 0 N–H and O–H groups in total. The zero-order valence-corrected chi connectivity index (χ0v) is 7.46. The number of unbranched alkanes of at least 4 members (excludes halogenated alkanes) is 1. The smallest absolute Gasteiger partial charge is 0.109 e. The third-order valence-electron chi connectivity index (χ3n) is 0.852. The van der Waals surface area contributed by atoms with Crippen molar-refractivity contribution in [2.75, 3.05) is 13.2 Å². The molecule has 0 atom stereocenters. The van der Waals surface area contributed by atoms with Gasteiger partial charge in [-0.05, 0) is 12.8 Å². The first-order valence-electron chi connectivity index (χ1n) is 2.88. The van der Waals surface area contributed by atoms with Gasteiger partial charge in [0.25, 0.3) is 0 Å². The van der Waals surface area contributed by atoms with Gasteiger partial charge in [-0.25, -0.2) is 0 Å². The van der Waals surface area contributed by atoms with Gasteiger partial charge in [0.1, 0.15) is 23.0 Å². The number of hydrogen-bond donors (Lipinski definition) is 0. The lowest BCUT2D eigenvalue weighted by Gasteiger charge is -1.97. The van der Waals surface area contributed by atoms with Gasteiger partial charge >= 0.3 is 0 Å². The quantitative estimate of drug-likeness (QED) is 0.404.